The molecule has 0 fully saturated rings. The van der Waals surface area contributed by atoms with Crippen molar-refractivity contribution in [2.75, 3.05) is 0 Å². The molecule has 7 heteroatoms. The molecule has 0 bridgehead atoms. The zero-order chi connectivity index (χ0) is 6.95. The summed E-state index contributed by atoms with van der Waals surface area (Å²) < 4.78 is 0. The van der Waals surface area contributed by atoms with Gasteiger partial charge in [0.15, 0.2) is 0 Å². The summed E-state index contributed by atoms with van der Waals surface area (Å²) in [4.78, 5) is 7.35. The van der Waals surface area contributed by atoms with Crippen LogP contribution in [0.1, 0.15) is 1.43 Å². The maximum atomic E-state index is 7.00. The minimum absolute atomic E-state index is 0. The maximum Gasteiger partial charge on any atom is 1.00 e. The van der Waals surface area contributed by atoms with E-state index >= 15 is 0 Å². The van der Waals surface area contributed by atoms with Crippen LogP contribution in [0.2, 0.25) is 0 Å². The van der Waals surface area contributed by atoms with Crippen molar-refractivity contribution in [1.29, 1.82) is 0 Å². The van der Waals surface area contributed by atoms with E-state index in [-0.39, 0.29) is 44.1 Å². The van der Waals surface area contributed by atoms with E-state index in [2.05, 4.69) is 9.97 Å². The molecule has 57 valence electrons. The molecular weight excluding hydrogens is 158 g/mol. The molecule has 5 nitrogen and oxygen atoms in total. The van der Waals surface area contributed by atoms with Gasteiger partial charge in [-0.05, 0) is 6.07 Å². The Morgan fingerprint density at radius 2 is 1.55 bits per heavy atom. The Morgan fingerprint density at radius 3 is 1.64 bits per heavy atom. The van der Waals surface area contributed by atoms with E-state index in [4.69, 9.17) is 10.0 Å². The number of aromatic nitrogens is 2. The van der Waals surface area contributed by atoms with Gasteiger partial charge in [0, 0.05) is 12.4 Å². The molecule has 0 aromatic carbocycles. The van der Waals surface area contributed by atoms with Crippen LogP contribution >= 0.6 is 0 Å². The van der Waals surface area contributed by atoms with Gasteiger partial charge in [0.1, 0.15) is 6.33 Å². The summed E-state index contributed by atoms with van der Waals surface area (Å²) in [6, 6.07) is 1.78. The molecule has 0 atom stereocenters. The smallest absolute Gasteiger partial charge is 1.00 e. The molecule has 0 aliphatic rings. The topological polar surface area (TPSA) is 97.7 Å². The van der Waals surface area contributed by atoms with Crippen LogP contribution in [0.4, 0.5) is 0 Å². The van der Waals surface area contributed by atoms with Crippen molar-refractivity contribution < 1.29 is 46.5 Å². The summed E-state index contributed by atoms with van der Waals surface area (Å²) in [6.45, 7) is 0. The zero-order valence-corrected chi connectivity index (χ0v) is 8.18. The number of rotatable bonds is 0. The number of nitrogens with zero attached hydrogens (tertiary/aromatic N) is 2. The van der Waals surface area contributed by atoms with Crippen LogP contribution in [-0.4, -0.2) is 33.2 Å². The molecule has 11 heavy (non-hydrogen) atoms. The zero-order valence-electron chi connectivity index (χ0n) is 7.18. The first kappa shape index (κ1) is 17.2. The first-order valence-electron chi connectivity index (χ1n) is 2.22. The molecule has 0 aliphatic heterocycles. The second-order valence-corrected chi connectivity index (χ2v) is 1.02. The summed E-state index contributed by atoms with van der Waals surface area (Å²) in [6.07, 6.45) is 4.88. The van der Waals surface area contributed by atoms with Gasteiger partial charge in [-0.2, -0.15) is 0 Å². The average Bonchev–Trinajstić information content (AvgIpc) is 1.93. The van der Waals surface area contributed by atoms with Gasteiger partial charge in [-0.1, -0.05) is 0 Å². The summed E-state index contributed by atoms with van der Waals surface area (Å²) in [5.74, 6) is 0. The van der Waals surface area contributed by atoms with E-state index in [0.29, 0.717) is 0 Å². The van der Waals surface area contributed by atoms with Crippen LogP contribution in [0.25, 0.3) is 0 Å². The summed E-state index contributed by atoms with van der Waals surface area (Å²) >= 11 is 0. The molecule has 0 spiro atoms. The molecule has 1 radical (unpaired) electrons. The third-order valence-electron chi connectivity index (χ3n) is 0.478. The Bertz CT molecular complexity index is 111. The molecular formula is C4H9BN2NaO3. The van der Waals surface area contributed by atoms with Gasteiger partial charge in [0.25, 0.3) is 0 Å². The average molecular weight is 167 g/mol. The van der Waals surface area contributed by atoms with E-state index < -0.39 is 0 Å². The van der Waals surface area contributed by atoms with Crippen molar-refractivity contribution in [3.63, 3.8) is 0 Å². The predicted molar refractivity (Wildman–Crippen MR) is 36.9 cm³/mol. The van der Waals surface area contributed by atoms with Crippen LogP contribution < -0.4 is 29.6 Å². The molecule has 0 aliphatic carbocycles. The Kier molecular flexibility index (Phi) is 25.9. The van der Waals surface area contributed by atoms with Crippen LogP contribution in [0, 0.1) is 0 Å². The molecule has 4 N–H and O–H groups in total. The molecule has 0 saturated heterocycles. The van der Waals surface area contributed by atoms with Crippen molar-refractivity contribution >= 4 is 7.69 Å². The second kappa shape index (κ2) is 16.5. The van der Waals surface area contributed by atoms with Crippen molar-refractivity contribution in [1.82, 2.24) is 9.97 Å². The van der Waals surface area contributed by atoms with Gasteiger partial charge in [-0.3, -0.25) is 0 Å². The van der Waals surface area contributed by atoms with Crippen molar-refractivity contribution in [3.8, 4) is 0 Å². The summed E-state index contributed by atoms with van der Waals surface area (Å²) in [7, 11) is 0. The Labute approximate surface area is 88.9 Å². The first-order valence-corrected chi connectivity index (χ1v) is 2.22. The van der Waals surface area contributed by atoms with E-state index in [0.717, 1.165) is 0 Å². The van der Waals surface area contributed by atoms with Crippen LogP contribution in [0.15, 0.2) is 24.8 Å². The maximum absolute atomic E-state index is 7.00. The Balaban J connectivity index is -0.0000000489. The minimum atomic E-state index is 0. The van der Waals surface area contributed by atoms with E-state index in [1.807, 2.05) is 0 Å². The predicted octanol–water partition coefficient (Wildman–Crippen LogP) is -4.73. The van der Waals surface area contributed by atoms with Gasteiger partial charge in [0.2, 0.25) is 0 Å². The molecule has 1 aromatic rings. The molecule has 0 amide bonds. The van der Waals surface area contributed by atoms with Crippen LogP contribution in [0.5, 0.6) is 0 Å². The largest absolute Gasteiger partial charge is 1.00 e. The first-order chi connectivity index (χ1) is 4.41. The fourth-order valence-electron chi connectivity index (χ4n) is 0.253. The number of hydrogen-bond acceptors (Lipinski definition) is 4. The van der Waals surface area contributed by atoms with E-state index in [1.54, 1.807) is 18.5 Å². The van der Waals surface area contributed by atoms with Crippen molar-refractivity contribution in [2.45, 2.75) is 0 Å². The Hall–Kier alpha value is 0.0249. The molecule has 0 unspecified atom stereocenters. The molecule has 1 aromatic heterocycles. The Morgan fingerprint density at radius 1 is 1.18 bits per heavy atom. The van der Waals surface area contributed by atoms with Crippen molar-refractivity contribution in [3.05, 3.63) is 24.8 Å². The second-order valence-electron chi connectivity index (χ2n) is 1.02. The quantitative estimate of drug-likeness (QED) is 0.379. The van der Waals surface area contributed by atoms with Crippen LogP contribution in [0.3, 0.4) is 0 Å². The third kappa shape index (κ3) is 17.8. The fourth-order valence-corrected chi connectivity index (χ4v) is 0.253. The molecule has 1 rings (SSSR count). The van der Waals surface area contributed by atoms with Crippen molar-refractivity contribution in [2.24, 2.45) is 0 Å². The van der Waals surface area contributed by atoms with Gasteiger partial charge in [-0.15, -0.1) is 0 Å². The summed E-state index contributed by atoms with van der Waals surface area (Å²) in [5, 5.41) is 14.0. The van der Waals surface area contributed by atoms with Crippen LogP contribution in [-0.2, 0) is 0 Å². The monoisotopic (exact) mass is 167 g/mol. The normalized spacial score (nSPS) is 5.64. The van der Waals surface area contributed by atoms with Gasteiger partial charge in [0.05, 0.1) is 0 Å². The fraction of sp³-hybridized carbons (Fsp3) is 0. The minimum Gasteiger partial charge on any atom is -1.00 e. The van der Waals surface area contributed by atoms with E-state index in [9.17, 15) is 0 Å². The van der Waals surface area contributed by atoms with Gasteiger partial charge in [-0.25, -0.2) is 9.97 Å². The standard InChI is InChI=1S/C4H4N2.BH2O2.Na.H2O.H/c1-2-5-4-6-3-1;2-1-3;;;/h1-4H;2-3H;;1H2;/q;;+1;;-1. The van der Waals surface area contributed by atoms with Gasteiger partial charge < -0.3 is 17.0 Å². The third-order valence-corrected chi connectivity index (χ3v) is 0.478. The molecule has 0 saturated carbocycles. The van der Waals surface area contributed by atoms with E-state index in [1.165, 1.54) is 6.33 Å². The van der Waals surface area contributed by atoms with Gasteiger partial charge >= 0.3 is 37.2 Å². The number of hydrogen-bond donors (Lipinski definition) is 2. The molecule has 1 heterocycles. The summed E-state index contributed by atoms with van der Waals surface area (Å²) in [5.41, 5.74) is 0. The SMILES string of the molecule is O.O[B]O.[H-].[Na+].c1cncnc1.